The number of benzene rings is 1. The van der Waals surface area contributed by atoms with Gasteiger partial charge in [-0.1, -0.05) is 44.9 Å². The second-order valence-corrected chi connectivity index (χ2v) is 7.22. The summed E-state index contributed by atoms with van der Waals surface area (Å²) in [6.07, 6.45) is 3.39. The SMILES string of the molecule is CC(C)c1ccccc1NC(=O)CCN1C(=O)NC2(CCCC2)C1=O. The summed E-state index contributed by atoms with van der Waals surface area (Å²) in [6.45, 7) is 4.25. The van der Waals surface area contributed by atoms with E-state index in [4.69, 9.17) is 0 Å². The number of hydrogen-bond acceptors (Lipinski definition) is 3. The number of para-hydroxylation sites is 1. The van der Waals surface area contributed by atoms with Gasteiger partial charge in [-0.3, -0.25) is 14.5 Å². The number of nitrogens with one attached hydrogen (secondary N) is 2. The van der Waals surface area contributed by atoms with E-state index in [-0.39, 0.29) is 30.8 Å². The van der Waals surface area contributed by atoms with Gasteiger partial charge in [0.05, 0.1) is 0 Å². The number of hydrogen-bond donors (Lipinski definition) is 2. The molecule has 0 bridgehead atoms. The normalized spacial score (nSPS) is 18.9. The summed E-state index contributed by atoms with van der Waals surface area (Å²) in [5.41, 5.74) is 1.14. The molecule has 2 aliphatic rings. The van der Waals surface area contributed by atoms with Crippen molar-refractivity contribution in [1.82, 2.24) is 10.2 Å². The number of carbonyl (C=O) groups excluding carboxylic acids is 3. The molecule has 1 saturated heterocycles. The van der Waals surface area contributed by atoms with Crippen LogP contribution in [0.15, 0.2) is 24.3 Å². The third-order valence-electron chi connectivity index (χ3n) is 5.12. The van der Waals surface area contributed by atoms with Crippen LogP contribution in [0.1, 0.15) is 57.4 Å². The van der Waals surface area contributed by atoms with Crippen molar-refractivity contribution in [3.05, 3.63) is 29.8 Å². The zero-order valence-electron chi connectivity index (χ0n) is 14.8. The fourth-order valence-electron chi connectivity index (χ4n) is 3.74. The summed E-state index contributed by atoms with van der Waals surface area (Å²) in [7, 11) is 0. The molecule has 0 atom stereocenters. The maximum Gasteiger partial charge on any atom is 0.325 e. The van der Waals surface area contributed by atoms with Crippen LogP contribution in [0.3, 0.4) is 0 Å². The standard InChI is InChI=1S/C19H25N3O3/c1-13(2)14-7-3-4-8-15(14)20-16(23)9-12-22-17(24)19(21-18(22)25)10-5-6-11-19/h3-4,7-8,13H,5-6,9-12H2,1-2H3,(H,20,23)(H,21,25). The first-order chi connectivity index (χ1) is 11.9. The van der Waals surface area contributed by atoms with Gasteiger partial charge in [0.15, 0.2) is 0 Å². The number of amides is 4. The van der Waals surface area contributed by atoms with Crippen molar-refractivity contribution in [2.24, 2.45) is 0 Å². The third-order valence-corrected chi connectivity index (χ3v) is 5.12. The van der Waals surface area contributed by atoms with Gasteiger partial charge in [0.2, 0.25) is 5.91 Å². The maximum absolute atomic E-state index is 12.6. The predicted molar refractivity (Wildman–Crippen MR) is 95.2 cm³/mol. The highest BCUT2D eigenvalue weighted by Crippen LogP contribution is 2.35. The molecule has 1 aromatic carbocycles. The monoisotopic (exact) mass is 343 g/mol. The Morgan fingerprint density at radius 3 is 2.60 bits per heavy atom. The molecular weight excluding hydrogens is 318 g/mol. The van der Waals surface area contributed by atoms with Gasteiger partial charge in [0.1, 0.15) is 5.54 Å². The second-order valence-electron chi connectivity index (χ2n) is 7.22. The van der Waals surface area contributed by atoms with Crippen LogP contribution >= 0.6 is 0 Å². The van der Waals surface area contributed by atoms with E-state index in [9.17, 15) is 14.4 Å². The average Bonchev–Trinajstić information content (AvgIpc) is 3.12. The van der Waals surface area contributed by atoms with Crippen molar-refractivity contribution < 1.29 is 14.4 Å². The molecule has 0 unspecified atom stereocenters. The van der Waals surface area contributed by atoms with Gasteiger partial charge in [0, 0.05) is 18.7 Å². The van der Waals surface area contributed by atoms with Gasteiger partial charge in [0.25, 0.3) is 5.91 Å². The summed E-state index contributed by atoms with van der Waals surface area (Å²) in [6, 6.07) is 7.31. The van der Waals surface area contributed by atoms with Crippen molar-refractivity contribution in [2.45, 2.75) is 57.4 Å². The van der Waals surface area contributed by atoms with Gasteiger partial charge in [-0.2, -0.15) is 0 Å². The van der Waals surface area contributed by atoms with Crippen molar-refractivity contribution in [3.8, 4) is 0 Å². The first-order valence-corrected chi connectivity index (χ1v) is 8.96. The Morgan fingerprint density at radius 1 is 1.24 bits per heavy atom. The Bertz CT molecular complexity index is 693. The van der Waals surface area contributed by atoms with Gasteiger partial charge >= 0.3 is 6.03 Å². The van der Waals surface area contributed by atoms with Gasteiger partial charge in [-0.25, -0.2) is 4.79 Å². The lowest BCUT2D eigenvalue weighted by molar-refractivity contribution is -0.131. The van der Waals surface area contributed by atoms with Crippen LogP contribution in [-0.2, 0) is 9.59 Å². The number of carbonyl (C=O) groups is 3. The lowest BCUT2D eigenvalue weighted by Crippen LogP contribution is -2.44. The zero-order valence-corrected chi connectivity index (χ0v) is 14.8. The maximum atomic E-state index is 12.6. The quantitative estimate of drug-likeness (QED) is 0.807. The van der Waals surface area contributed by atoms with E-state index in [1.165, 1.54) is 4.90 Å². The second kappa shape index (κ2) is 6.86. The summed E-state index contributed by atoms with van der Waals surface area (Å²) in [4.78, 5) is 38.2. The first kappa shape index (κ1) is 17.5. The minimum atomic E-state index is -0.711. The van der Waals surface area contributed by atoms with E-state index in [0.29, 0.717) is 18.8 Å². The van der Waals surface area contributed by atoms with E-state index < -0.39 is 5.54 Å². The minimum Gasteiger partial charge on any atom is -0.326 e. The molecule has 1 aliphatic carbocycles. The molecule has 2 N–H and O–H groups in total. The van der Waals surface area contributed by atoms with Crippen LogP contribution in [0.5, 0.6) is 0 Å². The van der Waals surface area contributed by atoms with E-state index in [2.05, 4.69) is 24.5 Å². The van der Waals surface area contributed by atoms with E-state index >= 15 is 0 Å². The molecule has 2 fully saturated rings. The molecule has 0 radical (unpaired) electrons. The van der Waals surface area contributed by atoms with Crippen LogP contribution in [0.25, 0.3) is 0 Å². The molecule has 134 valence electrons. The van der Waals surface area contributed by atoms with Crippen LogP contribution in [0.4, 0.5) is 10.5 Å². The molecule has 0 aromatic heterocycles. The van der Waals surface area contributed by atoms with Crippen molar-refractivity contribution in [1.29, 1.82) is 0 Å². The van der Waals surface area contributed by atoms with E-state index in [1.807, 2.05) is 24.3 Å². The number of rotatable bonds is 5. The van der Waals surface area contributed by atoms with Crippen LogP contribution in [0.2, 0.25) is 0 Å². The highest BCUT2D eigenvalue weighted by atomic mass is 16.2. The van der Waals surface area contributed by atoms with Crippen molar-refractivity contribution >= 4 is 23.5 Å². The Kier molecular flexibility index (Phi) is 4.79. The minimum absolute atomic E-state index is 0.0989. The molecule has 1 spiro atoms. The van der Waals surface area contributed by atoms with Gasteiger partial charge < -0.3 is 10.6 Å². The molecule has 6 nitrogen and oxygen atoms in total. The smallest absolute Gasteiger partial charge is 0.325 e. The lowest BCUT2D eigenvalue weighted by Gasteiger charge is -2.20. The van der Waals surface area contributed by atoms with E-state index in [1.54, 1.807) is 0 Å². The Labute approximate surface area is 148 Å². The molecule has 1 aromatic rings. The number of nitrogens with zero attached hydrogens (tertiary/aromatic N) is 1. The van der Waals surface area contributed by atoms with Crippen molar-refractivity contribution in [3.63, 3.8) is 0 Å². The lowest BCUT2D eigenvalue weighted by atomic mass is 9.98. The molecule has 6 heteroatoms. The molecular formula is C19H25N3O3. The fraction of sp³-hybridized carbons (Fsp3) is 0.526. The van der Waals surface area contributed by atoms with E-state index in [0.717, 1.165) is 24.1 Å². The zero-order chi connectivity index (χ0) is 18.0. The molecule has 1 aliphatic heterocycles. The molecule has 3 rings (SSSR count). The van der Waals surface area contributed by atoms with Crippen molar-refractivity contribution in [2.75, 3.05) is 11.9 Å². The third kappa shape index (κ3) is 3.38. The Hall–Kier alpha value is -2.37. The molecule has 25 heavy (non-hydrogen) atoms. The first-order valence-electron chi connectivity index (χ1n) is 8.96. The number of anilines is 1. The fourth-order valence-corrected chi connectivity index (χ4v) is 3.74. The highest BCUT2D eigenvalue weighted by Gasteiger charge is 2.52. The molecule has 1 saturated carbocycles. The number of imide groups is 1. The summed E-state index contributed by atoms with van der Waals surface area (Å²) < 4.78 is 0. The highest BCUT2D eigenvalue weighted by molar-refractivity contribution is 6.07. The largest absolute Gasteiger partial charge is 0.326 e. The van der Waals surface area contributed by atoms with Crippen LogP contribution in [0, 0.1) is 0 Å². The summed E-state index contributed by atoms with van der Waals surface area (Å²) >= 11 is 0. The average molecular weight is 343 g/mol. The predicted octanol–water partition coefficient (Wildman–Crippen LogP) is 3.00. The topological polar surface area (TPSA) is 78.5 Å². The Morgan fingerprint density at radius 2 is 1.92 bits per heavy atom. The molecule has 1 heterocycles. The van der Waals surface area contributed by atoms with Gasteiger partial charge in [-0.05, 0) is 30.4 Å². The van der Waals surface area contributed by atoms with Crippen LogP contribution in [-0.4, -0.2) is 34.8 Å². The summed E-state index contributed by atoms with van der Waals surface area (Å²) in [5.74, 6) is -0.0730. The summed E-state index contributed by atoms with van der Waals surface area (Å²) in [5, 5.41) is 5.73. The number of urea groups is 1. The van der Waals surface area contributed by atoms with Gasteiger partial charge in [-0.15, -0.1) is 0 Å². The van der Waals surface area contributed by atoms with Crippen LogP contribution < -0.4 is 10.6 Å². The molecule has 4 amide bonds. The Balaban J connectivity index is 1.60.